The van der Waals surface area contributed by atoms with Crippen molar-refractivity contribution in [2.45, 2.75) is 59.0 Å². The van der Waals surface area contributed by atoms with Crippen LogP contribution in [0, 0.1) is 5.92 Å². The summed E-state index contributed by atoms with van der Waals surface area (Å²) in [5, 5.41) is 3.23. The fourth-order valence-corrected chi connectivity index (χ4v) is 2.26. The number of nitrogens with one attached hydrogen (secondary N) is 1. The summed E-state index contributed by atoms with van der Waals surface area (Å²) in [6, 6.07) is -0.259. The number of hydrogen-bond donors (Lipinski definition) is 1. The van der Waals surface area contributed by atoms with Gasteiger partial charge in [0.25, 0.3) is 0 Å². The average molecular weight is 273 g/mol. The molecule has 0 aromatic carbocycles. The van der Waals surface area contributed by atoms with Gasteiger partial charge in [0, 0.05) is 12.5 Å². The van der Waals surface area contributed by atoms with E-state index < -0.39 is 0 Å². The van der Waals surface area contributed by atoms with Gasteiger partial charge < -0.3 is 19.5 Å². The number of rotatable bonds is 7. The number of esters is 1. The molecule has 0 spiro atoms. The van der Waals surface area contributed by atoms with Gasteiger partial charge in [-0.3, -0.25) is 4.79 Å². The van der Waals surface area contributed by atoms with Gasteiger partial charge in [-0.25, -0.2) is 0 Å². The number of ether oxygens (including phenoxy) is 3. The summed E-state index contributed by atoms with van der Waals surface area (Å²) >= 11 is 0. The fraction of sp³-hybridized carbons (Fsp3) is 0.929. The van der Waals surface area contributed by atoms with Crippen LogP contribution in [0.4, 0.5) is 0 Å². The van der Waals surface area contributed by atoms with Gasteiger partial charge in [0.05, 0.1) is 12.7 Å². The van der Waals surface area contributed by atoms with Crippen LogP contribution in [0.3, 0.4) is 0 Å². The zero-order chi connectivity index (χ0) is 14.3. The molecule has 0 aromatic rings. The maximum atomic E-state index is 12.0. The molecule has 1 heterocycles. The van der Waals surface area contributed by atoms with Crippen molar-refractivity contribution in [3.63, 3.8) is 0 Å². The Balaban J connectivity index is 2.45. The molecule has 0 radical (unpaired) electrons. The van der Waals surface area contributed by atoms with Gasteiger partial charge in [-0.15, -0.1) is 0 Å². The minimum atomic E-state index is -0.259. The van der Waals surface area contributed by atoms with E-state index in [2.05, 4.69) is 5.32 Å². The van der Waals surface area contributed by atoms with Crippen LogP contribution in [0.2, 0.25) is 0 Å². The van der Waals surface area contributed by atoms with Crippen LogP contribution in [0.15, 0.2) is 0 Å². The third kappa shape index (κ3) is 5.89. The lowest BCUT2D eigenvalue weighted by Crippen LogP contribution is -2.50. The van der Waals surface area contributed by atoms with Crippen molar-refractivity contribution in [2.75, 3.05) is 19.8 Å². The van der Waals surface area contributed by atoms with Crippen molar-refractivity contribution < 1.29 is 19.0 Å². The quantitative estimate of drug-likeness (QED) is 0.565. The maximum absolute atomic E-state index is 12.0. The molecule has 1 aliphatic rings. The molecular weight excluding hydrogens is 246 g/mol. The minimum Gasteiger partial charge on any atom is -0.462 e. The summed E-state index contributed by atoms with van der Waals surface area (Å²) in [5.41, 5.74) is 0. The van der Waals surface area contributed by atoms with Crippen molar-refractivity contribution in [1.29, 1.82) is 0 Å². The third-order valence-electron chi connectivity index (χ3n) is 3.14. The highest BCUT2D eigenvalue weighted by Gasteiger charge is 2.32. The Hall–Kier alpha value is -0.650. The van der Waals surface area contributed by atoms with Gasteiger partial charge in [0.15, 0.2) is 6.29 Å². The maximum Gasteiger partial charge on any atom is 0.323 e. The highest BCUT2D eigenvalue weighted by Crippen LogP contribution is 2.19. The SMILES string of the molecule is CCOC(C)OC[C@@H]1CCCN[C@@H]1C(=O)OC(C)C. The summed E-state index contributed by atoms with van der Waals surface area (Å²) < 4.78 is 16.3. The third-order valence-corrected chi connectivity index (χ3v) is 3.14. The molecule has 3 atom stereocenters. The van der Waals surface area contributed by atoms with Gasteiger partial charge >= 0.3 is 5.97 Å². The van der Waals surface area contributed by atoms with Crippen molar-refractivity contribution in [3.8, 4) is 0 Å². The van der Waals surface area contributed by atoms with Crippen molar-refractivity contribution in [3.05, 3.63) is 0 Å². The van der Waals surface area contributed by atoms with E-state index in [4.69, 9.17) is 14.2 Å². The predicted molar refractivity (Wildman–Crippen MR) is 72.8 cm³/mol. The summed E-state index contributed by atoms with van der Waals surface area (Å²) in [4.78, 5) is 12.0. The van der Waals surface area contributed by atoms with E-state index >= 15 is 0 Å². The number of hydrogen-bond acceptors (Lipinski definition) is 5. The number of carbonyl (C=O) groups excluding carboxylic acids is 1. The minimum absolute atomic E-state index is 0.0832. The highest BCUT2D eigenvalue weighted by atomic mass is 16.7. The molecule has 0 amide bonds. The first-order valence-corrected chi connectivity index (χ1v) is 7.21. The second kappa shape index (κ2) is 8.51. The Morgan fingerprint density at radius 3 is 2.68 bits per heavy atom. The highest BCUT2D eigenvalue weighted by molar-refractivity contribution is 5.76. The summed E-state index contributed by atoms with van der Waals surface area (Å²) in [5.74, 6) is -0.0183. The lowest BCUT2D eigenvalue weighted by Gasteiger charge is -2.32. The Morgan fingerprint density at radius 2 is 2.05 bits per heavy atom. The van der Waals surface area contributed by atoms with Gasteiger partial charge in [-0.05, 0) is 47.1 Å². The molecule has 1 rings (SSSR count). The van der Waals surface area contributed by atoms with Gasteiger partial charge in [0.2, 0.25) is 0 Å². The molecule has 5 heteroatoms. The number of carbonyl (C=O) groups is 1. The van der Waals surface area contributed by atoms with Crippen LogP contribution in [0.1, 0.15) is 40.5 Å². The van der Waals surface area contributed by atoms with E-state index in [1.165, 1.54) is 0 Å². The first-order chi connectivity index (χ1) is 9.04. The van der Waals surface area contributed by atoms with Crippen molar-refractivity contribution >= 4 is 5.97 Å². The number of piperidine rings is 1. The molecule has 19 heavy (non-hydrogen) atoms. The molecule has 0 aromatic heterocycles. The average Bonchev–Trinajstić information content (AvgIpc) is 2.36. The molecule has 0 aliphatic carbocycles. The molecule has 1 aliphatic heterocycles. The Morgan fingerprint density at radius 1 is 1.32 bits per heavy atom. The van der Waals surface area contributed by atoms with E-state index in [0.717, 1.165) is 19.4 Å². The van der Waals surface area contributed by atoms with Crippen LogP contribution in [0.25, 0.3) is 0 Å². The summed E-state index contributed by atoms with van der Waals surface area (Å²) in [6.45, 7) is 9.54. The van der Waals surface area contributed by atoms with Gasteiger partial charge in [-0.1, -0.05) is 0 Å². The molecule has 0 bridgehead atoms. The second-order valence-corrected chi connectivity index (χ2v) is 5.18. The first-order valence-electron chi connectivity index (χ1n) is 7.21. The largest absolute Gasteiger partial charge is 0.462 e. The van der Waals surface area contributed by atoms with Crippen LogP contribution in [-0.4, -0.2) is 44.2 Å². The zero-order valence-corrected chi connectivity index (χ0v) is 12.5. The second-order valence-electron chi connectivity index (χ2n) is 5.18. The molecule has 0 saturated carbocycles. The normalized spacial score (nSPS) is 25.3. The molecule has 1 saturated heterocycles. The molecule has 112 valence electrons. The van der Waals surface area contributed by atoms with Gasteiger partial charge in [-0.2, -0.15) is 0 Å². The van der Waals surface area contributed by atoms with E-state index in [0.29, 0.717) is 13.2 Å². The lowest BCUT2D eigenvalue weighted by atomic mass is 9.91. The predicted octanol–water partition coefficient (Wildman–Crippen LogP) is 1.71. The summed E-state index contributed by atoms with van der Waals surface area (Å²) in [7, 11) is 0. The monoisotopic (exact) mass is 273 g/mol. The Labute approximate surface area is 116 Å². The topological polar surface area (TPSA) is 56.8 Å². The fourth-order valence-electron chi connectivity index (χ4n) is 2.26. The molecular formula is C14H27NO4. The van der Waals surface area contributed by atoms with E-state index in [1.807, 2.05) is 27.7 Å². The Bertz CT molecular complexity index is 270. The smallest absolute Gasteiger partial charge is 0.323 e. The molecule has 1 fully saturated rings. The molecule has 1 N–H and O–H groups in total. The first kappa shape index (κ1) is 16.4. The van der Waals surface area contributed by atoms with E-state index in [9.17, 15) is 4.79 Å². The van der Waals surface area contributed by atoms with Crippen LogP contribution < -0.4 is 5.32 Å². The van der Waals surface area contributed by atoms with E-state index in [1.54, 1.807) is 0 Å². The van der Waals surface area contributed by atoms with Crippen LogP contribution in [0.5, 0.6) is 0 Å². The van der Waals surface area contributed by atoms with Crippen molar-refractivity contribution in [2.24, 2.45) is 5.92 Å². The Kier molecular flexibility index (Phi) is 7.34. The summed E-state index contributed by atoms with van der Waals surface area (Å²) in [6.07, 6.45) is 1.72. The lowest BCUT2D eigenvalue weighted by molar-refractivity contribution is -0.159. The standard InChI is InChI=1S/C14H27NO4/c1-5-17-11(4)18-9-12-7-6-8-15-13(12)14(16)19-10(2)3/h10-13,15H,5-9H2,1-4H3/t11?,12-,13-/m0/s1. The molecule has 5 nitrogen and oxygen atoms in total. The zero-order valence-electron chi connectivity index (χ0n) is 12.5. The van der Waals surface area contributed by atoms with Crippen molar-refractivity contribution in [1.82, 2.24) is 5.32 Å². The van der Waals surface area contributed by atoms with E-state index in [-0.39, 0.29) is 30.3 Å². The van der Waals surface area contributed by atoms with Crippen LogP contribution in [-0.2, 0) is 19.0 Å². The van der Waals surface area contributed by atoms with Crippen LogP contribution >= 0.6 is 0 Å². The van der Waals surface area contributed by atoms with Gasteiger partial charge in [0.1, 0.15) is 6.04 Å². The molecule has 1 unspecified atom stereocenters.